The number of para-hydroxylation sites is 2. The number of benzene rings is 3. The van der Waals surface area contributed by atoms with Crippen molar-refractivity contribution in [1.82, 2.24) is 10.3 Å². The number of ether oxygens (including phenoxy) is 1. The van der Waals surface area contributed by atoms with Gasteiger partial charge in [0.25, 0.3) is 5.91 Å². The largest absolute Gasteiger partial charge is 0.464 e. The number of carbonyl (C=O) groups excluding carboxylic acids is 2. The van der Waals surface area contributed by atoms with Crippen LogP contribution < -0.4 is 10.2 Å². The predicted octanol–water partition coefficient (Wildman–Crippen LogP) is 4.28. The molecule has 8 heteroatoms. The molecular weight excluding hydrogens is 459 g/mol. The van der Waals surface area contributed by atoms with E-state index < -0.39 is 12.0 Å². The molecule has 1 amide bonds. The lowest BCUT2D eigenvalue weighted by Crippen LogP contribution is -2.43. The molecule has 5 rings (SSSR count). The minimum Gasteiger partial charge on any atom is -0.464 e. The molecule has 1 atom stereocenters. The Hall–Kier alpha value is -4.46. The van der Waals surface area contributed by atoms with E-state index in [1.165, 1.54) is 13.0 Å². The summed E-state index contributed by atoms with van der Waals surface area (Å²) in [6.07, 6.45) is -0.691. The highest BCUT2D eigenvalue weighted by molar-refractivity contribution is 6.16. The Morgan fingerprint density at radius 3 is 2.56 bits per heavy atom. The van der Waals surface area contributed by atoms with Gasteiger partial charge in [-0.15, -0.1) is 0 Å². The Bertz CT molecular complexity index is 1430. The van der Waals surface area contributed by atoms with Gasteiger partial charge in [-0.3, -0.25) is 14.6 Å². The van der Waals surface area contributed by atoms with E-state index in [4.69, 9.17) is 9.73 Å². The first-order valence-electron chi connectivity index (χ1n) is 11.7. The third-order valence-electron chi connectivity index (χ3n) is 6.05. The lowest BCUT2D eigenvalue weighted by molar-refractivity contribution is -0.140. The van der Waals surface area contributed by atoms with E-state index >= 15 is 0 Å². The van der Waals surface area contributed by atoms with Gasteiger partial charge in [-0.2, -0.15) is 0 Å². The second-order valence-corrected chi connectivity index (χ2v) is 8.52. The molecule has 7 nitrogen and oxygen atoms in total. The zero-order valence-electron chi connectivity index (χ0n) is 19.7. The number of benzodiazepines with no additional fused rings is 1. The number of H-pyrrole nitrogens is 1. The SMILES string of the molecule is CC(=O)OCCN1C[C@@H](NC(=O)c2cc3ccccc3[nH]2)N=C(c2ccccc2F)c2ccccc21. The van der Waals surface area contributed by atoms with Gasteiger partial charge >= 0.3 is 5.97 Å². The summed E-state index contributed by atoms with van der Waals surface area (Å²) in [5.74, 6) is -1.09. The molecule has 0 radical (unpaired) electrons. The van der Waals surface area contributed by atoms with Crippen LogP contribution in [0.2, 0.25) is 0 Å². The number of esters is 1. The van der Waals surface area contributed by atoms with Gasteiger partial charge in [-0.25, -0.2) is 4.39 Å². The molecule has 0 unspecified atom stereocenters. The number of amides is 1. The summed E-state index contributed by atoms with van der Waals surface area (Å²) in [7, 11) is 0. The highest BCUT2D eigenvalue weighted by atomic mass is 19.1. The molecule has 4 aromatic rings. The summed E-state index contributed by atoms with van der Waals surface area (Å²) in [5.41, 5.74) is 3.60. The van der Waals surface area contributed by atoms with E-state index in [9.17, 15) is 14.0 Å². The average molecular weight is 485 g/mol. The predicted molar refractivity (Wildman–Crippen MR) is 137 cm³/mol. The maximum atomic E-state index is 14.9. The lowest BCUT2D eigenvalue weighted by atomic mass is 10.00. The van der Waals surface area contributed by atoms with Gasteiger partial charge in [0, 0.05) is 34.6 Å². The van der Waals surface area contributed by atoms with Crippen LogP contribution in [0.4, 0.5) is 10.1 Å². The molecule has 2 heterocycles. The van der Waals surface area contributed by atoms with Crippen LogP contribution in [-0.2, 0) is 9.53 Å². The number of carbonyl (C=O) groups is 2. The number of fused-ring (bicyclic) bond motifs is 2. The first kappa shape index (κ1) is 23.3. The van der Waals surface area contributed by atoms with E-state index in [-0.39, 0.29) is 18.5 Å². The van der Waals surface area contributed by atoms with Gasteiger partial charge in [0.05, 0.1) is 18.8 Å². The second-order valence-electron chi connectivity index (χ2n) is 8.52. The number of halogens is 1. The summed E-state index contributed by atoms with van der Waals surface area (Å²) in [4.78, 5) is 34.5. The van der Waals surface area contributed by atoms with Gasteiger partial charge in [-0.05, 0) is 30.3 Å². The van der Waals surface area contributed by atoms with Crippen molar-refractivity contribution in [2.24, 2.45) is 4.99 Å². The smallest absolute Gasteiger partial charge is 0.302 e. The van der Waals surface area contributed by atoms with Crippen LogP contribution in [0.3, 0.4) is 0 Å². The molecule has 0 saturated carbocycles. The second kappa shape index (κ2) is 10.0. The number of hydrogen-bond donors (Lipinski definition) is 2. The zero-order valence-corrected chi connectivity index (χ0v) is 19.7. The Morgan fingerprint density at radius 2 is 1.78 bits per heavy atom. The van der Waals surface area contributed by atoms with Crippen molar-refractivity contribution in [2.45, 2.75) is 13.1 Å². The average Bonchev–Trinajstić information content (AvgIpc) is 3.25. The first-order valence-corrected chi connectivity index (χ1v) is 11.7. The van der Waals surface area contributed by atoms with Crippen molar-refractivity contribution in [2.75, 3.05) is 24.6 Å². The molecule has 0 spiro atoms. The summed E-state index contributed by atoms with van der Waals surface area (Å²) >= 11 is 0. The van der Waals surface area contributed by atoms with Crippen LogP contribution in [0.25, 0.3) is 10.9 Å². The van der Waals surface area contributed by atoms with Crippen molar-refractivity contribution in [3.05, 3.63) is 102 Å². The van der Waals surface area contributed by atoms with Crippen LogP contribution >= 0.6 is 0 Å². The van der Waals surface area contributed by atoms with E-state index in [0.717, 1.165) is 22.2 Å². The van der Waals surface area contributed by atoms with Crippen LogP contribution in [0.5, 0.6) is 0 Å². The number of aliphatic imine (C=N–C) groups is 1. The van der Waals surface area contributed by atoms with E-state index in [1.807, 2.05) is 53.4 Å². The van der Waals surface area contributed by atoms with Gasteiger partial charge in [-0.1, -0.05) is 48.5 Å². The van der Waals surface area contributed by atoms with Crippen molar-refractivity contribution >= 4 is 34.2 Å². The molecule has 1 aliphatic heterocycles. The number of nitrogens with one attached hydrogen (secondary N) is 2. The van der Waals surface area contributed by atoms with Crippen LogP contribution in [-0.4, -0.2) is 48.4 Å². The van der Waals surface area contributed by atoms with Gasteiger partial charge in [0.1, 0.15) is 24.3 Å². The quantitative estimate of drug-likeness (QED) is 0.400. The minimum atomic E-state index is -0.691. The van der Waals surface area contributed by atoms with Crippen LogP contribution in [0, 0.1) is 5.82 Å². The molecular formula is C28H25FN4O3. The molecule has 182 valence electrons. The standard InChI is InChI=1S/C28H25FN4O3/c1-18(34)36-15-14-33-17-26(32-28(35)24-16-19-8-2-6-12-23(19)30-24)31-27(20-9-3-5-11-22(20)29)21-10-4-7-13-25(21)33/h2-13,16,26,30H,14-15,17H2,1H3,(H,32,35)/t26-/m1/s1. The third-order valence-corrected chi connectivity index (χ3v) is 6.05. The lowest BCUT2D eigenvalue weighted by Gasteiger charge is -2.27. The maximum Gasteiger partial charge on any atom is 0.302 e. The Labute approximate surface area is 207 Å². The fourth-order valence-corrected chi connectivity index (χ4v) is 4.40. The summed E-state index contributed by atoms with van der Waals surface area (Å²) in [6, 6.07) is 23.4. The van der Waals surface area contributed by atoms with Crippen LogP contribution in [0.1, 0.15) is 28.5 Å². The molecule has 2 N–H and O–H groups in total. The van der Waals surface area contributed by atoms with Gasteiger partial charge in [0.15, 0.2) is 0 Å². The Balaban J connectivity index is 1.52. The summed E-state index contributed by atoms with van der Waals surface area (Å²) < 4.78 is 20.1. The number of aromatic nitrogens is 1. The van der Waals surface area contributed by atoms with Gasteiger partial charge in [0.2, 0.25) is 0 Å². The number of rotatable bonds is 6. The number of nitrogens with zero attached hydrogens (tertiary/aromatic N) is 2. The highest BCUT2D eigenvalue weighted by Gasteiger charge is 2.27. The molecule has 36 heavy (non-hydrogen) atoms. The topological polar surface area (TPSA) is 86.8 Å². The molecule has 0 aliphatic carbocycles. The van der Waals surface area contributed by atoms with Crippen molar-refractivity contribution in [3.63, 3.8) is 0 Å². The highest BCUT2D eigenvalue weighted by Crippen LogP contribution is 2.28. The minimum absolute atomic E-state index is 0.168. The number of aromatic amines is 1. The normalized spacial score (nSPS) is 15.1. The first-order chi connectivity index (χ1) is 17.5. The van der Waals surface area contributed by atoms with Gasteiger partial charge < -0.3 is 19.9 Å². The molecule has 0 bridgehead atoms. The fourth-order valence-electron chi connectivity index (χ4n) is 4.40. The maximum absolute atomic E-state index is 14.9. The van der Waals surface area contributed by atoms with E-state index in [2.05, 4.69) is 10.3 Å². The van der Waals surface area contributed by atoms with Crippen molar-refractivity contribution in [3.8, 4) is 0 Å². The molecule has 3 aromatic carbocycles. The van der Waals surface area contributed by atoms with Crippen molar-refractivity contribution in [1.29, 1.82) is 0 Å². The number of anilines is 1. The van der Waals surface area contributed by atoms with E-state index in [1.54, 1.807) is 24.3 Å². The zero-order chi connectivity index (χ0) is 25.1. The summed E-state index contributed by atoms with van der Waals surface area (Å²) in [5, 5.41) is 3.92. The third kappa shape index (κ3) is 4.84. The molecule has 1 aromatic heterocycles. The van der Waals surface area contributed by atoms with E-state index in [0.29, 0.717) is 30.1 Å². The number of hydrogen-bond acceptors (Lipinski definition) is 5. The molecule has 0 saturated heterocycles. The van der Waals surface area contributed by atoms with Crippen molar-refractivity contribution < 1.29 is 18.7 Å². The van der Waals surface area contributed by atoms with Crippen LogP contribution in [0.15, 0.2) is 83.9 Å². The molecule has 1 aliphatic rings. The Morgan fingerprint density at radius 1 is 1.06 bits per heavy atom. The molecule has 0 fully saturated rings. The fraction of sp³-hybridized carbons (Fsp3) is 0.179. The Kier molecular flexibility index (Phi) is 6.49. The summed E-state index contributed by atoms with van der Waals surface area (Å²) in [6.45, 7) is 2.22. The monoisotopic (exact) mass is 484 g/mol.